The van der Waals surface area contributed by atoms with Crippen molar-refractivity contribution in [3.8, 4) is 11.1 Å². The molecule has 4 aromatic rings. The number of ketones is 1. The highest BCUT2D eigenvalue weighted by Gasteiger charge is 2.15. The maximum absolute atomic E-state index is 12.8. The Balaban J connectivity index is 1.67. The van der Waals surface area contributed by atoms with Crippen LogP contribution in [-0.2, 0) is 0 Å². The lowest BCUT2D eigenvalue weighted by atomic mass is 10.00. The van der Waals surface area contributed by atoms with E-state index in [0.717, 1.165) is 21.9 Å². The molecule has 28 heavy (non-hydrogen) atoms. The Labute approximate surface area is 167 Å². The Morgan fingerprint density at radius 2 is 1.71 bits per heavy atom. The summed E-state index contributed by atoms with van der Waals surface area (Å²) in [5.41, 5.74) is 3.70. The second kappa shape index (κ2) is 7.79. The zero-order chi connectivity index (χ0) is 19.5. The van der Waals surface area contributed by atoms with Gasteiger partial charge < -0.3 is 5.32 Å². The lowest BCUT2D eigenvalue weighted by Crippen LogP contribution is -2.15. The van der Waals surface area contributed by atoms with Gasteiger partial charge >= 0.3 is 0 Å². The predicted octanol–water partition coefficient (Wildman–Crippen LogP) is 6.41. The lowest BCUT2D eigenvalue weighted by molar-refractivity contribution is 0.0989. The van der Waals surface area contributed by atoms with Gasteiger partial charge in [-0.3, -0.25) is 9.59 Å². The van der Waals surface area contributed by atoms with Crippen LogP contribution in [0.1, 0.15) is 34.1 Å². The largest absolute Gasteiger partial charge is 0.321 e. The first-order valence-corrected chi connectivity index (χ1v) is 10.1. The molecule has 3 aromatic carbocycles. The van der Waals surface area contributed by atoms with Gasteiger partial charge in [0.15, 0.2) is 5.78 Å². The van der Waals surface area contributed by atoms with Gasteiger partial charge in [-0.2, -0.15) is 11.3 Å². The van der Waals surface area contributed by atoms with Gasteiger partial charge in [0.2, 0.25) is 0 Å². The molecule has 0 saturated carbocycles. The summed E-state index contributed by atoms with van der Waals surface area (Å²) in [6, 6.07) is 21.2. The first kappa shape index (κ1) is 18.1. The zero-order valence-corrected chi connectivity index (χ0v) is 16.3. The highest BCUT2D eigenvalue weighted by atomic mass is 32.1. The molecule has 1 amide bonds. The van der Waals surface area contributed by atoms with E-state index in [2.05, 4.69) is 5.32 Å². The van der Waals surface area contributed by atoms with Crippen LogP contribution in [0, 0.1) is 0 Å². The number of fused-ring (bicyclic) bond motifs is 1. The molecular weight excluding hydrogens is 366 g/mol. The van der Waals surface area contributed by atoms with E-state index >= 15 is 0 Å². The van der Waals surface area contributed by atoms with E-state index in [-0.39, 0.29) is 11.7 Å². The molecule has 4 heteroatoms. The predicted molar refractivity (Wildman–Crippen MR) is 116 cm³/mol. The van der Waals surface area contributed by atoms with E-state index in [1.165, 1.54) is 0 Å². The van der Waals surface area contributed by atoms with Crippen LogP contribution >= 0.6 is 11.3 Å². The molecule has 0 saturated heterocycles. The fraction of sp³-hybridized carbons (Fsp3) is 0.0833. The summed E-state index contributed by atoms with van der Waals surface area (Å²) in [6.07, 6.45) is 0.381. The summed E-state index contributed by atoms with van der Waals surface area (Å²) in [7, 11) is 0. The number of hydrogen-bond donors (Lipinski definition) is 1. The standard InChI is InChI=1S/C24H19NO2S/c1-2-23(26)21-14-18(20-11-12-28-15-20)9-10-22(21)25-24(27)19-8-7-16-5-3-4-6-17(16)13-19/h3-15H,2H2,1H3,(H,25,27). The number of nitrogens with one attached hydrogen (secondary N) is 1. The molecule has 1 aromatic heterocycles. The number of rotatable bonds is 5. The van der Waals surface area contributed by atoms with Crippen molar-refractivity contribution in [2.45, 2.75) is 13.3 Å². The highest BCUT2D eigenvalue weighted by molar-refractivity contribution is 7.08. The van der Waals surface area contributed by atoms with Crippen LogP contribution in [0.25, 0.3) is 21.9 Å². The molecule has 3 nitrogen and oxygen atoms in total. The van der Waals surface area contributed by atoms with Crippen molar-refractivity contribution in [1.29, 1.82) is 0 Å². The fourth-order valence-electron chi connectivity index (χ4n) is 3.21. The molecule has 0 unspecified atom stereocenters. The Bertz CT molecular complexity index is 1160. The fourth-order valence-corrected chi connectivity index (χ4v) is 3.87. The van der Waals surface area contributed by atoms with E-state index in [1.54, 1.807) is 17.4 Å². The van der Waals surface area contributed by atoms with Gasteiger partial charge in [-0.15, -0.1) is 0 Å². The Hall–Kier alpha value is -3.24. The van der Waals surface area contributed by atoms with Crippen molar-refractivity contribution in [2.75, 3.05) is 5.32 Å². The summed E-state index contributed by atoms with van der Waals surface area (Å²) in [6.45, 7) is 1.83. The molecule has 0 fully saturated rings. The van der Waals surface area contributed by atoms with Crippen LogP contribution in [0.3, 0.4) is 0 Å². The van der Waals surface area contributed by atoms with Crippen LogP contribution in [-0.4, -0.2) is 11.7 Å². The van der Waals surface area contributed by atoms with Crippen LogP contribution < -0.4 is 5.32 Å². The molecular formula is C24H19NO2S. The van der Waals surface area contributed by atoms with Crippen molar-refractivity contribution in [1.82, 2.24) is 0 Å². The van der Waals surface area contributed by atoms with E-state index in [4.69, 9.17) is 0 Å². The van der Waals surface area contributed by atoms with Gasteiger partial charge in [0.1, 0.15) is 0 Å². The van der Waals surface area contributed by atoms with Crippen LogP contribution in [0.5, 0.6) is 0 Å². The van der Waals surface area contributed by atoms with Gasteiger partial charge in [0.05, 0.1) is 5.69 Å². The van der Waals surface area contributed by atoms with Crippen LogP contribution in [0.4, 0.5) is 5.69 Å². The van der Waals surface area contributed by atoms with E-state index < -0.39 is 0 Å². The van der Waals surface area contributed by atoms with Crippen molar-refractivity contribution < 1.29 is 9.59 Å². The van der Waals surface area contributed by atoms with Crippen molar-refractivity contribution >= 4 is 39.5 Å². The second-order valence-corrected chi connectivity index (χ2v) is 7.35. The smallest absolute Gasteiger partial charge is 0.255 e. The van der Waals surface area contributed by atoms with E-state index in [0.29, 0.717) is 23.2 Å². The summed E-state index contributed by atoms with van der Waals surface area (Å²) in [5.74, 6) is -0.218. The molecule has 1 heterocycles. The van der Waals surface area contributed by atoms with Gasteiger partial charge in [-0.05, 0) is 63.0 Å². The molecule has 0 bridgehead atoms. The third-order valence-electron chi connectivity index (χ3n) is 4.76. The summed E-state index contributed by atoms with van der Waals surface area (Å²) in [5, 5.41) is 9.06. The van der Waals surface area contributed by atoms with E-state index in [9.17, 15) is 9.59 Å². The molecule has 0 spiro atoms. The molecule has 0 aliphatic heterocycles. The number of amides is 1. The lowest BCUT2D eigenvalue weighted by Gasteiger charge is -2.12. The first-order chi connectivity index (χ1) is 13.7. The normalized spacial score (nSPS) is 10.8. The SMILES string of the molecule is CCC(=O)c1cc(-c2ccsc2)ccc1NC(=O)c1ccc2ccccc2c1. The number of Topliss-reactive ketones (excluding diaryl/α,β-unsaturated/α-hetero) is 1. The number of benzene rings is 3. The zero-order valence-electron chi connectivity index (χ0n) is 15.4. The van der Waals surface area contributed by atoms with Gasteiger partial charge in [-0.1, -0.05) is 43.3 Å². The molecule has 0 aliphatic rings. The minimum absolute atomic E-state index is 0.00545. The number of carbonyl (C=O) groups excluding carboxylic acids is 2. The second-order valence-electron chi connectivity index (χ2n) is 6.57. The summed E-state index contributed by atoms with van der Waals surface area (Å²) >= 11 is 1.61. The van der Waals surface area contributed by atoms with E-state index in [1.807, 2.05) is 78.3 Å². The topological polar surface area (TPSA) is 46.2 Å². The van der Waals surface area contributed by atoms with Crippen molar-refractivity contribution in [2.24, 2.45) is 0 Å². The number of carbonyl (C=O) groups is 2. The van der Waals surface area contributed by atoms with Crippen molar-refractivity contribution in [3.63, 3.8) is 0 Å². The summed E-state index contributed by atoms with van der Waals surface area (Å²) in [4.78, 5) is 25.3. The Morgan fingerprint density at radius 3 is 2.46 bits per heavy atom. The first-order valence-electron chi connectivity index (χ1n) is 9.15. The molecule has 0 aliphatic carbocycles. The molecule has 0 radical (unpaired) electrons. The maximum Gasteiger partial charge on any atom is 0.255 e. The highest BCUT2D eigenvalue weighted by Crippen LogP contribution is 2.28. The minimum Gasteiger partial charge on any atom is -0.321 e. The van der Waals surface area contributed by atoms with Gasteiger partial charge in [-0.25, -0.2) is 0 Å². The number of hydrogen-bond acceptors (Lipinski definition) is 3. The minimum atomic E-state index is -0.223. The third-order valence-corrected chi connectivity index (χ3v) is 5.44. The van der Waals surface area contributed by atoms with Crippen LogP contribution in [0.2, 0.25) is 0 Å². The molecule has 4 rings (SSSR count). The molecule has 138 valence electrons. The molecule has 1 N–H and O–H groups in total. The quantitative estimate of drug-likeness (QED) is 0.403. The number of anilines is 1. The van der Waals surface area contributed by atoms with Crippen molar-refractivity contribution in [3.05, 3.63) is 88.6 Å². The Kier molecular flexibility index (Phi) is 5.04. The van der Waals surface area contributed by atoms with Gasteiger partial charge in [0, 0.05) is 17.5 Å². The number of thiophene rings is 1. The average molecular weight is 385 g/mol. The average Bonchev–Trinajstić information content (AvgIpc) is 3.28. The molecule has 0 atom stereocenters. The maximum atomic E-state index is 12.8. The van der Waals surface area contributed by atoms with Crippen LogP contribution in [0.15, 0.2) is 77.5 Å². The van der Waals surface area contributed by atoms with Gasteiger partial charge in [0.25, 0.3) is 5.91 Å². The third kappa shape index (κ3) is 3.59. The monoisotopic (exact) mass is 385 g/mol. The Morgan fingerprint density at radius 1 is 0.893 bits per heavy atom. The summed E-state index contributed by atoms with van der Waals surface area (Å²) < 4.78 is 0.